The van der Waals surface area contributed by atoms with Crippen LogP contribution in [0.4, 0.5) is 4.79 Å². The Kier molecular flexibility index (Phi) is 6.38. The van der Waals surface area contributed by atoms with Crippen LogP contribution < -0.4 is 10.6 Å². The number of hydrogen-bond donors (Lipinski definition) is 3. The highest BCUT2D eigenvalue weighted by Gasteiger charge is 2.06. The number of hydrogen-bond acceptors (Lipinski definition) is 4. The molecule has 0 spiro atoms. The van der Waals surface area contributed by atoms with Crippen LogP contribution in [0.15, 0.2) is 30.3 Å². The zero-order chi connectivity index (χ0) is 14.1. The number of aliphatic hydroxyl groups excluding tert-OH is 1. The first-order valence-corrected chi connectivity index (χ1v) is 5.97. The summed E-state index contributed by atoms with van der Waals surface area (Å²) in [7, 11) is 0. The van der Waals surface area contributed by atoms with Crippen molar-refractivity contribution in [2.75, 3.05) is 13.1 Å². The van der Waals surface area contributed by atoms with Crippen molar-refractivity contribution in [3.63, 3.8) is 0 Å². The Bertz CT molecular complexity index is 406. The van der Waals surface area contributed by atoms with Crippen molar-refractivity contribution in [1.29, 1.82) is 0 Å². The van der Waals surface area contributed by atoms with Crippen LogP contribution in [0.25, 0.3) is 0 Å². The van der Waals surface area contributed by atoms with Crippen molar-refractivity contribution in [2.45, 2.75) is 19.6 Å². The molecule has 3 N–H and O–H groups in total. The fourth-order valence-corrected chi connectivity index (χ4v) is 1.25. The third-order valence-electron chi connectivity index (χ3n) is 2.20. The maximum absolute atomic E-state index is 11.3. The molecule has 1 aromatic rings. The summed E-state index contributed by atoms with van der Waals surface area (Å²) in [5.41, 5.74) is 0.871. The first-order valence-electron chi connectivity index (χ1n) is 5.97. The van der Waals surface area contributed by atoms with E-state index in [4.69, 9.17) is 9.84 Å². The van der Waals surface area contributed by atoms with E-state index in [9.17, 15) is 9.59 Å². The Labute approximate surface area is 111 Å². The molecule has 0 heterocycles. The van der Waals surface area contributed by atoms with Gasteiger partial charge in [0, 0.05) is 6.54 Å². The molecule has 1 rings (SSSR count). The number of benzene rings is 1. The summed E-state index contributed by atoms with van der Waals surface area (Å²) in [6.07, 6.45) is -1.27. The van der Waals surface area contributed by atoms with E-state index >= 15 is 0 Å². The van der Waals surface area contributed by atoms with Gasteiger partial charge in [-0.3, -0.25) is 4.79 Å². The molecule has 0 bridgehead atoms. The minimum atomic E-state index is -0.656. The van der Waals surface area contributed by atoms with E-state index in [0.717, 1.165) is 5.56 Å². The quantitative estimate of drug-likeness (QED) is 0.696. The normalized spacial score (nSPS) is 11.5. The second kappa shape index (κ2) is 8.10. The summed E-state index contributed by atoms with van der Waals surface area (Å²) in [6, 6.07) is 9.24. The second-order valence-electron chi connectivity index (χ2n) is 4.07. The molecule has 1 unspecified atom stereocenters. The Morgan fingerprint density at radius 1 is 1.26 bits per heavy atom. The van der Waals surface area contributed by atoms with Crippen molar-refractivity contribution < 1.29 is 19.4 Å². The maximum Gasteiger partial charge on any atom is 0.407 e. The summed E-state index contributed by atoms with van der Waals surface area (Å²) in [5.74, 6) is -0.377. The van der Waals surface area contributed by atoms with Gasteiger partial charge >= 0.3 is 6.09 Å². The smallest absolute Gasteiger partial charge is 0.407 e. The van der Waals surface area contributed by atoms with Crippen molar-refractivity contribution in [1.82, 2.24) is 10.6 Å². The summed E-state index contributed by atoms with van der Waals surface area (Å²) in [6.45, 7) is 1.68. The Morgan fingerprint density at radius 3 is 2.58 bits per heavy atom. The molecule has 19 heavy (non-hydrogen) atoms. The molecular formula is C13H18N2O4. The molecule has 0 aromatic heterocycles. The number of alkyl carbamates (subject to hydrolysis) is 1. The van der Waals surface area contributed by atoms with Gasteiger partial charge in [-0.2, -0.15) is 0 Å². The van der Waals surface area contributed by atoms with E-state index in [2.05, 4.69) is 10.6 Å². The van der Waals surface area contributed by atoms with Gasteiger partial charge in [0.15, 0.2) is 0 Å². The van der Waals surface area contributed by atoms with E-state index in [-0.39, 0.29) is 25.6 Å². The SMILES string of the molecule is CC(O)CNC(=O)CNC(=O)OCc1ccccc1. The highest BCUT2D eigenvalue weighted by atomic mass is 16.5. The van der Waals surface area contributed by atoms with Crippen molar-refractivity contribution in [3.8, 4) is 0 Å². The molecule has 2 amide bonds. The Hall–Kier alpha value is -2.08. The number of nitrogens with one attached hydrogen (secondary N) is 2. The van der Waals surface area contributed by atoms with Crippen molar-refractivity contribution in [2.24, 2.45) is 0 Å². The first kappa shape index (κ1) is 15.0. The van der Waals surface area contributed by atoms with Crippen LogP contribution in [0.2, 0.25) is 0 Å². The molecule has 0 saturated heterocycles. The van der Waals surface area contributed by atoms with Crippen LogP contribution in [0.1, 0.15) is 12.5 Å². The van der Waals surface area contributed by atoms with Crippen LogP contribution in [-0.2, 0) is 16.1 Å². The van der Waals surface area contributed by atoms with Crippen LogP contribution in [0.5, 0.6) is 0 Å². The van der Waals surface area contributed by atoms with Crippen molar-refractivity contribution in [3.05, 3.63) is 35.9 Å². The molecule has 6 nitrogen and oxygen atoms in total. The van der Waals surface area contributed by atoms with Gasteiger partial charge in [-0.25, -0.2) is 4.79 Å². The van der Waals surface area contributed by atoms with Gasteiger partial charge in [-0.1, -0.05) is 30.3 Å². The second-order valence-corrected chi connectivity index (χ2v) is 4.07. The van der Waals surface area contributed by atoms with Crippen LogP contribution in [0.3, 0.4) is 0 Å². The number of aliphatic hydroxyl groups is 1. The third kappa shape index (κ3) is 7.05. The molecule has 0 saturated carbocycles. The van der Waals surface area contributed by atoms with E-state index in [1.807, 2.05) is 30.3 Å². The summed E-state index contributed by atoms with van der Waals surface area (Å²) >= 11 is 0. The van der Waals surface area contributed by atoms with Gasteiger partial charge in [0.25, 0.3) is 0 Å². The fourth-order valence-electron chi connectivity index (χ4n) is 1.25. The standard InChI is InChI=1S/C13H18N2O4/c1-10(16)7-14-12(17)8-15-13(18)19-9-11-5-3-2-4-6-11/h2-6,10,16H,7-9H2,1H3,(H,14,17)(H,15,18). The van der Waals surface area contributed by atoms with Gasteiger partial charge in [-0.15, -0.1) is 0 Å². The summed E-state index contributed by atoms with van der Waals surface area (Å²) < 4.78 is 4.92. The first-order chi connectivity index (χ1) is 9.08. The van der Waals surface area contributed by atoms with E-state index in [1.54, 1.807) is 6.92 Å². The predicted molar refractivity (Wildman–Crippen MR) is 69.3 cm³/mol. The molecule has 104 valence electrons. The molecule has 1 atom stereocenters. The zero-order valence-corrected chi connectivity index (χ0v) is 10.8. The molecule has 0 aliphatic heterocycles. The maximum atomic E-state index is 11.3. The summed E-state index contributed by atoms with van der Waals surface area (Å²) in [4.78, 5) is 22.5. The molecule has 0 aliphatic carbocycles. The van der Waals surface area contributed by atoms with Crippen LogP contribution in [0, 0.1) is 0 Å². The lowest BCUT2D eigenvalue weighted by atomic mass is 10.2. The molecule has 0 aliphatic rings. The highest BCUT2D eigenvalue weighted by Crippen LogP contribution is 2.00. The number of amides is 2. The van der Waals surface area contributed by atoms with Gasteiger partial charge in [-0.05, 0) is 12.5 Å². The molecular weight excluding hydrogens is 248 g/mol. The molecule has 6 heteroatoms. The monoisotopic (exact) mass is 266 g/mol. The van der Waals surface area contributed by atoms with E-state index in [1.165, 1.54) is 0 Å². The van der Waals surface area contributed by atoms with Crippen molar-refractivity contribution >= 4 is 12.0 Å². The predicted octanol–water partition coefficient (Wildman–Crippen LogP) is 0.410. The van der Waals surface area contributed by atoms with Gasteiger partial charge in [0.1, 0.15) is 6.61 Å². The lowest BCUT2D eigenvalue weighted by Gasteiger charge is -2.09. The highest BCUT2D eigenvalue weighted by molar-refractivity contribution is 5.82. The minimum Gasteiger partial charge on any atom is -0.445 e. The minimum absolute atomic E-state index is 0.152. The molecule has 1 aromatic carbocycles. The average molecular weight is 266 g/mol. The zero-order valence-electron chi connectivity index (χ0n) is 10.8. The van der Waals surface area contributed by atoms with E-state index < -0.39 is 12.2 Å². The van der Waals surface area contributed by atoms with Gasteiger partial charge in [0.2, 0.25) is 5.91 Å². The number of carbonyl (C=O) groups is 2. The van der Waals surface area contributed by atoms with E-state index in [0.29, 0.717) is 0 Å². The Morgan fingerprint density at radius 2 is 1.95 bits per heavy atom. The third-order valence-corrected chi connectivity index (χ3v) is 2.20. The topological polar surface area (TPSA) is 87.7 Å². The number of ether oxygens (including phenoxy) is 1. The average Bonchev–Trinajstić information content (AvgIpc) is 2.41. The van der Waals surface area contributed by atoms with Gasteiger partial charge < -0.3 is 20.5 Å². The van der Waals surface area contributed by atoms with Crippen LogP contribution >= 0.6 is 0 Å². The number of rotatable bonds is 6. The molecule has 0 radical (unpaired) electrons. The summed E-state index contributed by atoms with van der Waals surface area (Å²) in [5, 5.41) is 13.7. The largest absolute Gasteiger partial charge is 0.445 e. The molecule has 0 fully saturated rings. The Balaban J connectivity index is 2.16. The fraction of sp³-hybridized carbons (Fsp3) is 0.385. The lowest BCUT2D eigenvalue weighted by Crippen LogP contribution is -2.39. The number of carbonyl (C=O) groups excluding carboxylic acids is 2. The lowest BCUT2D eigenvalue weighted by molar-refractivity contribution is -0.120. The van der Waals surface area contributed by atoms with Gasteiger partial charge in [0.05, 0.1) is 12.6 Å². The van der Waals surface area contributed by atoms with Crippen LogP contribution in [-0.4, -0.2) is 36.3 Å².